The Hall–Kier alpha value is -2.09. The average Bonchev–Trinajstić information content (AvgIpc) is 2.62. The largest absolute Gasteiger partial charge is 0.495 e. The van der Waals surface area contributed by atoms with E-state index in [2.05, 4.69) is 10.0 Å². The SMILES string of the molecule is CCC[C@H](C)NS(=O)(=O)c1ccc(OC)c(NC(=O)c2ccc(Cl)cc2)c1. The third-order valence-corrected chi connectivity index (χ3v) is 5.75. The van der Waals surface area contributed by atoms with Crippen molar-refractivity contribution in [3.63, 3.8) is 0 Å². The van der Waals surface area contributed by atoms with Gasteiger partial charge in [0.25, 0.3) is 5.91 Å². The number of rotatable bonds is 8. The van der Waals surface area contributed by atoms with Crippen LogP contribution in [0.3, 0.4) is 0 Å². The normalized spacial score (nSPS) is 12.4. The molecule has 0 aliphatic heterocycles. The maximum atomic E-state index is 12.6. The van der Waals surface area contributed by atoms with Gasteiger partial charge in [-0.25, -0.2) is 13.1 Å². The number of methoxy groups -OCH3 is 1. The fraction of sp³-hybridized carbons (Fsp3) is 0.316. The molecule has 0 unspecified atom stereocenters. The fourth-order valence-electron chi connectivity index (χ4n) is 2.57. The van der Waals surface area contributed by atoms with E-state index in [9.17, 15) is 13.2 Å². The Morgan fingerprint density at radius 2 is 1.85 bits per heavy atom. The van der Waals surface area contributed by atoms with Gasteiger partial charge in [0.15, 0.2) is 0 Å². The number of ether oxygens (including phenoxy) is 1. The second-order valence-corrected chi connectivity index (χ2v) is 8.28. The van der Waals surface area contributed by atoms with E-state index in [1.807, 2.05) is 13.8 Å². The Kier molecular flexibility index (Phi) is 7.24. The van der Waals surface area contributed by atoms with Gasteiger partial charge in [0.05, 0.1) is 17.7 Å². The van der Waals surface area contributed by atoms with Gasteiger partial charge in [-0.2, -0.15) is 0 Å². The van der Waals surface area contributed by atoms with E-state index in [1.54, 1.807) is 24.3 Å². The summed E-state index contributed by atoms with van der Waals surface area (Å²) in [7, 11) is -2.26. The molecule has 1 atom stereocenters. The van der Waals surface area contributed by atoms with Crippen LogP contribution in [0.1, 0.15) is 37.0 Å². The number of hydrogen-bond donors (Lipinski definition) is 2. The van der Waals surface area contributed by atoms with Crippen LogP contribution in [-0.4, -0.2) is 27.5 Å². The molecule has 27 heavy (non-hydrogen) atoms. The second kappa shape index (κ2) is 9.21. The van der Waals surface area contributed by atoms with Crippen LogP contribution in [0, 0.1) is 0 Å². The molecule has 0 heterocycles. The Balaban J connectivity index is 2.29. The molecule has 0 radical (unpaired) electrons. The van der Waals surface area contributed by atoms with Crippen molar-refractivity contribution in [2.24, 2.45) is 0 Å². The predicted molar refractivity (Wildman–Crippen MR) is 107 cm³/mol. The van der Waals surface area contributed by atoms with Gasteiger partial charge < -0.3 is 10.1 Å². The smallest absolute Gasteiger partial charge is 0.255 e. The number of halogens is 1. The summed E-state index contributed by atoms with van der Waals surface area (Å²) in [6.45, 7) is 3.80. The third kappa shape index (κ3) is 5.69. The molecular formula is C19H23ClN2O4S. The molecule has 0 spiro atoms. The molecule has 0 bridgehead atoms. The number of benzene rings is 2. The van der Waals surface area contributed by atoms with Crippen molar-refractivity contribution < 1.29 is 17.9 Å². The number of amides is 1. The van der Waals surface area contributed by atoms with Gasteiger partial charge in [0, 0.05) is 16.6 Å². The Bertz CT molecular complexity index is 898. The molecule has 1 amide bonds. The van der Waals surface area contributed by atoms with E-state index in [0.29, 0.717) is 16.3 Å². The van der Waals surface area contributed by atoms with Crippen LogP contribution in [0.2, 0.25) is 5.02 Å². The molecule has 0 fully saturated rings. The van der Waals surface area contributed by atoms with Crippen LogP contribution in [-0.2, 0) is 10.0 Å². The minimum atomic E-state index is -3.71. The Labute approximate surface area is 164 Å². The summed E-state index contributed by atoms with van der Waals surface area (Å²) in [4.78, 5) is 12.5. The van der Waals surface area contributed by atoms with Gasteiger partial charge >= 0.3 is 0 Å². The summed E-state index contributed by atoms with van der Waals surface area (Å²) < 4.78 is 33.0. The van der Waals surface area contributed by atoms with Crippen molar-refractivity contribution in [3.8, 4) is 5.75 Å². The molecule has 6 nitrogen and oxygen atoms in total. The first-order valence-electron chi connectivity index (χ1n) is 8.54. The number of carbonyl (C=O) groups excluding carboxylic acids is 1. The number of nitrogens with one attached hydrogen (secondary N) is 2. The molecule has 0 aromatic heterocycles. The minimum absolute atomic E-state index is 0.0534. The van der Waals surface area contributed by atoms with Crippen molar-refractivity contribution in [2.75, 3.05) is 12.4 Å². The van der Waals surface area contributed by atoms with Gasteiger partial charge in [-0.15, -0.1) is 0 Å². The zero-order valence-electron chi connectivity index (χ0n) is 15.5. The van der Waals surface area contributed by atoms with Crippen molar-refractivity contribution in [1.82, 2.24) is 4.72 Å². The van der Waals surface area contributed by atoms with Crippen molar-refractivity contribution >= 4 is 33.2 Å². The van der Waals surface area contributed by atoms with Gasteiger partial charge in [0.2, 0.25) is 10.0 Å². The van der Waals surface area contributed by atoms with Crippen LogP contribution in [0.25, 0.3) is 0 Å². The number of sulfonamides is 1. The zero-order chi connectivity index (χ0) is 20.0. The molecule has 2 N–H and O–H groups in total. The molecule has 2 rings (SSSR count). The van der Waals surface area contributed by atoms with E-state index in [4.69, 9.17) is 16.3 Å². The molecule has 8 heteroatoms. The Morgan fingerprint density at radius 1 is 1.19 bits per heavy atom. The molecule has 2 aromatic carbocycles. The first kappa shape index (κ1) is 21.2. The van der Waals surface area contributed by atoms with Gasteiger partial charge in [-0.1, -0.05) is 24.9 Å². The average molecular weight is 411 g/mol. The first-order chi connectivity index (χ1) is 12.8. The van der Waals surface area contributed by atoms with E-state index in [1.165, 1.54) is 25.3 Å². The third-order valence-electron chi connectivity index (χ3n) is 3.91. The highest BCUT2D eigenvalue weighted by Gasteiger charge is 2.20. The summed E-state index contributed by atoms with van der Waals surface area (Å²) in [5.74, 6) is -0.0373. The van der Waals surface area contributed by atoms with Gasteiger partial charge in [0.1, 0.15) is 5.75 Å². The summed E-state index contributed by atoms with van der Waals surface area (Å²) >= 11 is 5.83. The highest BCUT2D eigenvalue weighted by Crippen LogP contribution is 2.28. The van der Waals surface area contributed by atoms with Crippen LogP contribution in [0.15, 0.2) is 47.4 Å². The van der Waals surface area contributed by atoms with Crippen molar-refractivity contribution in [3.05, 3.63) is 53.1 Å². The lowest BCUT2D eigenvalue weighted by Gasteiger charge is -2.15. The lowest BCUT2D eigenvalue weighted by molar-refractivity contribution is 0.102. The fourth-order valence-corrected chi connectivity index (χ4v) is 4.00. The van der Waals surface area contributed by atoms with E-state index >= 15 is 0 Å². The maximum Gasteiger partial charge on any atom is 0.255 e. The first-order valence-corrected chi connectivity index (χ1v) is 10.4. The highest BCUT2D eigenvalue weighted by molar-refractivity contribution is 7.89. The second-order valence-electron chi connectivity index (χ2n) is 6.13. The minimum Gasteiger partial charge on any atom is -0.495 e. The van der Waals surface area contributed by atoms with E-state index < -0.39 is 15.9 Å². The summed E-state index contributed by atoms with van der Waals surface area (Å²) in [6, 6.07) is 10.5. The standard InChI is InChI=1S/C19H23ClN2O4S/c1-4-5-13(2)22-27(24,25)16-10-11-18(26-3)17(12-16)21-19(23)14-6-8-15(20)9-7-14/h6-13,22H,4-5H2,1-3H3,(H,21,23)/t13-/m0/s1. The quantitative estimate of drug-likeness (QED) is 0.687. The lowest BCUT2D eigenvalue weighted by Crippen LogP contribution is -2.32. The van der Waals surface area contributed by atoms with Crippen molar-refractivity contribution in [1.29, 1.82) is 0 Å². The van der Waals surface area contributed by atoms with Crippen molar-refractivity contribution in [2.45, 2.75) is 37.6 Å². The number of carbonyl (C=O) groups is 1. The zero-order valence-corrected chi connectivity index (χ0v) is 17.0. The van der Waals surface area contributed by atoms with Crippen LogP contribution >= 0.6 is 11.6 Å². The van der Waals surface area contributed by atoms with Crippen LogP contribution in [0.5, 0.6) is 5.75 Å². The van der Waals surface area contributed by atoms with Crippen LogP contribution < -0.4 is 14.8 Å². The van der Waals surface area contributed by atoms with Crippen LogP contribution in [0.4, 0.5) is 5.69 Å². The highest BCUT2D eigenvalue weighted by atomic mass is 35.5. The molecule has 2 aromatic rings. The summed E-state index contributed by atoms with van der Waals surface area (Å²) in [5.41, 5.74) is 0.660. The number of hydrogen-bond acceptors (Lipinski definition) is 4. The van der Waals surface area contributed by atoms with E-state index in [0.717, 1.165) is 12.8 Å². The molecule has 146 valence electrons. The summed E-state index contributed by atoms with van der Waals surface area (Å²) in [5, 5.41) is 3.21. The Morgan fingerprint density at radius 3 is 2.44 bits per heavy atom. The predicted octanol–water partition coefficient (Wildman–Crippen LogP) is 4.07. The molecule has 0 aliphatic carbocycles. The molecule has 0 saturated heterocycles. The monoisotopic (exact) mass is 410 g/mol. The number of anilines is 1. The maximum absolute atomic E-state index is 12.6. The summed E-state index contributed by atoms with van der Waals surface area (Å²) in [6.07, 6.45) is 1.60. The molecular weight excluding hydrogens is 388 g/mol. The molecule has 0 aliphatic rings. The topological polar surface area (TPSA) is 84.5 Å². The van der Waals surface area contributed by atoms with E-state index in [-0.39, 0.29) is 16.6 Å². The lowest BCUT2D eigenvalue weighted by atomic mass is 10.2. The van der Waals surface area contributed by atoms with Gasteiger partial charge in [-0.3, -0.25) is 4.79 Å². The van der Waals surface area contributed by atoms with Gasteiger partial charge in [-0.05, 0) is 55.8 Å². The molecule has 0 saturated carbocycles.